The normalized spacial score (nSPS) is 10.8. The Kier molecular flexibility index (Phi) is 2.36. The molecule has 0 aliphatic rings. The van der Waals surface area contributed by atoms with E-state index in [1.807, 2.05) is 6.92 Å². The van der Waals surface area contributed by atoms with Gasteiger partial charge in [0.15, 0.2) is 11.6 Å². The van der Waals surface area contributed by atoms with Crippen molar-refractivity contribution in [3.8, 4) is 23.0 Å². The molecule has 0 saturated heterocycles. The van der Waals surface area contributed by atoms with Crippen molar-refractivity contribution in [1.82, 2.24) is 25.1 Å². The fourth-order valence-corrected chi connectivity index (χ4v) is 1.50. The van der Waals surface area contributed by atoms with Crippen molar-refractivity contribution >= 4 is 0 Å². The van der Waals surface area contributed by atoms with Gasteiger partial charge in [-0.15, -0.1) is 10.2 Å². The molecule has 0 spiro atoms. The Bertz CT molecular complexity index is 688. The van der Waals surface area contributed by atoms with Crippen LogP contribution in [0.15, 0.2) is 27.6 Å². The maximum Gasteiger partial charge on any atom is 0.269 e. The summed E-state index contributed by atoms with van der Waals surface area (Å²) in [5, 5.41) is 7.88. The standard InChI is InChI=1S/C11H9N5O2/c1-6-8(3-12-5-13-6)10-15-16-11(18-10)9-4-17-7(2)14-9/h3-5H,1-2H3. The molecular formula is C11H9N5O2. The van der Waals surface area contributed by atoms with Gasteiger partial charge in [-0.05, 0) is 6.92 Å². The lowest BCUT2D eigenvalue weighted by Crippen LogP contribution is -1.88. The van der Waals surface area contributed by atoms with Crippen molar-refractivity contribution in [1.29, 1.82) is 0 Å². The van der Waals surface area contributed by atoms with E-state index in [1.165, 1.54) is 12.6 Å². The average molecular weight is 243 g/mol. The van der Waals surface area contributed by atoms with Crippen molar-refractivity contribution in [2.45, 2.75) is 13.8 Å². The van der Waals surface area contributed by atoms with Gasteiger partial charge in [-0.3, -0.25) is 0 Å². The van der Waals surface area contributed by atoms with E-state index in [1.54, 1.807) is 13.1 Å². The van der Waals surface area contributed by atoms with E-state index in [2.05, 4.69) is 25.1 Å². The SMILES string of the molecule is Cc1nc(-c2nnc(-c3cncnc3C)o2)co1. The summed E-state index contributed by atoms with van der Waals surface area (Å²) in [7, 11) is 0. The zero-order valence-electron chi connectivity index (χ0n) is 9.78. The summed E-state index contributed by atoms with van der Waals surface area (Å²) in [5.74, 6) is 1.22. The molecule has 0 saturated carbocycles. The van der Waals surface area contributed by atoms with Gasteiger partial charge in [-0.25, -0.2) is 15.0 Å². The van der Waals surface area contributed by atoms with Crippen LogP contribution in [0.4, 0.5) is 0 Å². The predicted molar refractivity (Wildman–Crippen MR) is 60.3 cm³/mol. The van der Waals surface area contributed by atoms with Crippen LogP contribution in [0.2, 0.25) is 0 Å². The quantitative estimate of drug-likeness (QED) is 0.677. The fourth-order valence-electron chi connectivity index (χ4n) is 1.50. The van der Waals surface area contributed by atoms with Gasteiger partial charge in [-0.2, -0.15) is 0 Å². The summed E-state index contributed by atoms with van der Waals surface area (Å²) in [6, 6.07) is 0. The van der Waals surface area contributed by atoms with Gasteiger partial charge in [0, 0.05) is 13.1 Å². The van der Waals surface area contributed by atoms with E-state index >= 15 is 0 Å². The van der Waals surface area contributed by atoms with Crippen LogP contribution in [0.1, 0.15) is 11.6 Å². The fraction of sp³-hybridized carbons (Fsp3) is 0.182. The van der Waals surface area contributed by atoms with Gasteiger partial charge in [0.05, 0.1) is 11.3 Å². The van der Waals surface area contributed by atoms with Crippen molar-refractivity contribution in [2.24, 2.45) is 0 Å². The number of hydrogen-bond donors (Lipinski definition) is 0. The molecule has 3 aromatic heterocycles. The maximum atomic E-state index is 5.53. The summed E-state index contributed by atoms with van der Waals surface area (Å²) in [6.07, 6.45) is 4.58. The Morgan fingerprint density at radius 1 is 1.11 bits per heavy atom. The molecule has 3 heterocycles. The van der Waals surface area contributed by atoms with Gasteiger partial charge >= 0.3 is 0 Å². The second-order valence-electron chi connectivity index (χ2n) is 3.69. The highest BCUT2D eigenvalue weighted by molar-refractivity contribution is 5.56. The third kappa shape index (κ3) is 1.75. The summed E-state index contributed by atoms with van der Waals surface area (Å²) >= 11 is 0. The summed E-state index contributed by atoms with van der Waals surface area (Å²) in [5.41, 5.74) is 1.99. The highest BCUT2D eigenvalue weighted by atomic mass is 16.4. The predicted octanol–water partition coefficient (Wildman–Crippen LogP) is 1.80. The molecule has 0 aliphatic carbocycles. The van der Waals surface area contributed by atoms with E-state index in [9.17, 15) is 0 Å². The number of nitrogens with zero attached hydrogens (tertiary/aromatic N) is 5. The summed E-state index contributed by atoms with van der Waals surface area (Å²) < 4.78 is 10.6. The largest absolute Gasteiger partial charge is 0.448 e. The third-order valence-electron chi connectivity index (χ3n) is 2.41. The molecule has 7 heteroatoms. The van der Waals surface area contributed by atoms with Gasteiger partial charge in [0.25, 0.3) is 11.8 Å². The monoisotopic (exact) mass is 243 g/mol. The molecular weight excluding hydrogens is 234 g/mol. The molecule has 3 aromatic rings. The number of oxazole rings is 1. The Morgan fingerprint density at radius 2 is 1.94 bits per heavy atom. The molecule has 0 fully saturated rings. The lowest BCUT2D eigenvalue weighted by Gasteiger charge is -1.96. The van der Waals surface area contributed by atoms with Gasteiger partial charge in [-0.1, -0.05) is 0 Å². The van der Waals surface area contributed by atoms with Gasteiger partial charge in [0.1, 0.15) is 12.6 Å². The number of hydrogen-bond acceptors (Lipinski definition) is 7. The van der Waals surface area contributed by atoms with Crippen molar-refractivity contribution in [2.75, 3.05) is 0 Å². The van der Waals surface area contributed by atoms with Crippen molar-refractivity contribution in [3.63, 3.8) is 0 Å². The first-order chi connectivity index (χ1) is 8.74. The van der Waals surface area contributed by atoms with E-state index < -0.39 is 0 Å². The highest BCUT2D eigenvalue weighted by Crippen LogP contribution is 2.23. The van der Waals surface area contributed by atoms with Crippen LogP contribution in [-0.2, 0) is 0 Å². The minimum absolute atomic E-state index is 0.310. The minimum Gasteiger partial charge on any atom is -0.448 e. The third-order valence-corrected chi connectivity index (χ3v) is 2.41. The smallest absolute Gasteiger partial charge is 0.269 e. The molecule has 90 valence electrons. The first-order valence-corrected chi connectivity index (χ1v) is 5.27. The molecule has 3 rings (SSSR count). The molecule has 18 heavy (non-hydrogen) atoms. The van der Waals surface area contributed by atoms with Crippen LogP contribution in [0.25, 0.3) is 23.0 Å². The van der Waals surface area contributed by atoms with E-state index in [4.69, 9.17) is 8.83 Å². The van der Waals surface area contributed by atoms with Gasteiger partial charge < -0.3 is 8.83 Å². The number of aryl methyl sites for hydroxylation is 2. The van der Waals surface area contributed by atoms with E-state index in [0.29, 0.717) is 28.9 Å². The molecule has 0 radical (unpaired) electrons. The molecule has 0 aromatic carbocycles. The summed E-state index contributed by atoms with van der Waals surface area (Å²) in [6.45, 7) is 3.59. The Hall–Kier alpha value is -2.57. The Balaban J connectivity index is 2.02. The lowest BCUT2D eigenvalue weighted by atomic mass is 10.2. The van der Waals surface area contributed by atoms with Crippen LogP contribution < -0.4 is 0 Å². The van der Waals surface area contributed by atoms with Crippen LogP contribution in [0.3, 0.4) is 0 Å². The molecule has 0 amide bonds. The molecule has 7 nitrogen and oxygen atoms in total. The molecule has 0 atom stereocenters. The lowest BCUT2D eigenvalue weighted by molar-refractivity contribution is 0.521. The van der Waals surface area contributed by atoms with Crippen LogP contribution >= 0.6 is 0 Å². The maximum absolute atomic E-state index is 5.53. The number of aromatic nitrogens is 5. The summed E-state index contributed by atoms with van der Waals surface area (Å²) in [4.78, 5) is 12.1. The van der Waals surface area contributed by atoms with E-state index in [0.717, 1.165) is 5.69 Å². The Morgan fingerprint density at radius 3 is 2.67 bits per heavy atom. The molecule has 0 bridgehead atoms. The molecule has 0 aliphatic heterocycles. The number of rotatable bonds is 2. The first kappa shape index (κ1) is 10.6. The second kappa shape index (κ2) is 4.02. The van der Waals surface area contributed by atoms with Crippen LogP contribution in [0, 0.1) is 13.8 Å². The molecule has 0 unspecified atom stereocenters. The minimum atomic E-state index is 0.310. The zero-order chi connectivity index (χ0) is 12.5. The van der Waals surface area contributed by atoms with Crippen LogP contribution in [-0.4, -0.2) is 25.1 Å². The van der Waals surface area contributed by atoms with Crippen molar-refractivity contribution < 1.29 is 8.83 Å². The second-order valence-corrected chi connectivity index (χ2v) is 3.69. The van der Waals surface area contributed by atoms with Crippen LogP contribution in [0.5, 0.6) is 0 Å². The average Bonchev–Trinajstić information content (AvgIpc) is 2.98. The highest BCUT2D eigenvalue weighted by Gasteiger charge is 2.15. The van der Waals surface area contributed by atoms with E-state index in [-0.39, 0.29) is 0 Å². The first-order valence-electron chi connectivity index (χ1n) is 5.27. The Labute approximate surface area is 102 Å². The van der Waals surface area contributed by atoms with Crippen molar-refractivity contribution in [3.05, 3.63) is 30.4 Å². The molecule has 0 N–H and O–H groups in total. The topological polar surface area (TPSA) is 90.7 Å². The van der Waals surface area contributed by atoms with Gasteiger partial charge in [0.2, 0.25) is 0 Å². The zero-order valence-corrected chi connectivity index (χ0v) is 9.78.